The normalized spacial score (nSPS) is 12.8. The Labute approximate surface area is 114 Å². The Bertz CT molecular complexity index is 432. The van der Waals surface area contributed by atoms with E-state index in [9.17, 15) is 4.79 Å². The summed E-state index contributed by atoms with van der Waals surface area (Å²) >= 11 is 0. The largest absolute Gasteiger partial charge is 0.497 e. The van der Waals surface area contributed by atoms with Gasteiger partial charge in [-0.3, -0.25) is 4.79 Å². The van der Waals surface area contributed by atoms with Gasteiger partial charge in [0.25, 0.3) is 0 Å². The molecule has 1 amide bonds. The van der Waals surface area contributed by atoms with Crippen LogP contribution in [0.15, 0.2) is 24.3 Å². The number of amides is 1. The van der Waals surface area contributed by atoms with Crippen LogP contribution in [0.3, 0.4) is 0 Å². The van der Waals surface area contributed by atoms with E-state index in [2.05, 4.69) is 5.32 Å². The fourth-order valence-corrected chi connectivity index (χ4v) is 1.71. The number of carbonyl (C=O) groups is 1. The van der Waals surface area contributed by atoms with E-state index in [-0.39, 0.29) is 0 Å². The molecule has 1 rings (SSSR count). The zero-order chi connectivity index (χ0) is 14.5. The van der Waals surface area contributed by atoms with Crippen molar-refractivity contribution >= 4 is 11.6 Å². The highest BCUT2D eigenvalue weighted by Gasteiger charge is 2.26. The first-order valence-electron chi connectivity index (χ1n) is 6.13. The number of hydrogen-bond acceptors (Lipinski definition) is 4. The number of carbonyl (C=O) groups excluding carboxylic acids is 1. The van der Waals surface area contributed by atoms with Crippen LogP contribution in [0.1, 0.15) is 20.3 Å². The molecule has 1 aromatic rings. The van der Waals surface area contributed by atoms with Crippen LogP contribution in [0, 0.1) is 0 Å². The van der Waals surface area contributed by atoms with Crippen LogP contribution < -0.4 is 15.8 Å². The second kappa shape index (κ2) is 6.43. The summed E-state index contributed by atoms with van der Waals surface area (Å²) in [5.74, 6) is 0.312. The monoisotopic (exact) mass is 266 g/mol. The van der Waals surface area contributed by atoms with Gasteiger partial charge in [0.2, 0.25) is 5.91 Å². The molecule has 1 unspecified atom stereocenters. The van der Waals surface area contributed by atoms with Crippen LogP contribution in [-0.4, -0.2) is 31.8 Å². The molecule has 5 nitrogen and oxygen atoms in total. The molecule has 106 valence electrons. The topological polar surface area (TPSA) is 73.6 Å². The average molecular weight is 266 g/mol. The van der Waals surface area contributed by atoms with Gasteiger partial charge in [0.05, 0.1) is 12.7 Å². The highest BCUT2D eigenvalue weighted by molar-refractivity contribution is 5.83. The van der Waals surface area contributed by atoms with Gasteiger partial charge in [-0.1, -0.05) is 6.07 Å². The number of anilines is 1. The van der Waals surface area contributed by atoms with Crippen LogP contribution in [0.5, 0.6) is 5.75 Å². The molecule has 3 N–H and O–H groups in total. The summed E-state index contributed by atoms with van der Waals surface area (Å²) in [6.45, 7) is 3.83. The SMILES string of the molecule is COc1cccc(NC(CC(C)(C)OC)C(N)=O)c1. The molecule has 19 heavy (non-hydrogen) atoms. The zero-order valence-electron chi connectivity index (χ0n) is 11.9. The predicted molar refractivity (Wildman–Crippen MR) is 75.3 cm³/mol. The minimum absolute atomic E-state index is 0.409. The molecular formula is C14H22N2O3. The van der Waals surface area contributed by atoms with Crippen molar-refractivity contribution in [3.05, 3.63) is 24.3 Å². The number of nitrogens with two attached hydrogens (primary N) is 1. The smallest absolute Gasteiger partial charge is 0.240 e. The molecule has 0 radical (unpaired) electrons. The summed E-state index contributed by atoms with van der Waals surface area (Å²) in [5.41, 5.74) is 5.79. The summed E-state index contributed by atoms with van der Waals surface area (Å²) in [4.78, 5) is 11.5. The van der Waals surface area contributed by atoms with E-state index in [0.29, 0.717) is 6.42 Å². The minimum Gasteiger partial charge on any atom is -0.497 e. The molecule has 0 aliphatic rings. The van der Waals surface area contributed by atoms with Gasteiger partial charge in [-0.15, -0.1) is 0 Å². The van der Waals surface area contributed by atoms with Gasteiger partial charge in [-0.25, -0.2) is 0 Å². The molecule has 0 saturated heterocycles. The maximum Gasteiger partial charge on any atom is 0.240 e. The lowest BCUT2D eigenvalue weighted by Crippen LogP contribution is -2.41. The van der Waals surface area contributed by atoms with E-state index in [4.69, 9.17) is 15.2 Å². The van der Waals surface area contributed by atoms with Gasteiger partial charge in [-0.2, -0.15) is 0 Å². The summed E-state index contributed by atoms with van der Waals surface area (Å²) in [6, 6.07) is 6.86. The van der Waals surface area contributed by atoms with Crippen molar-refractivity contribution in [2.45, 2.75) is 31.9 Å². The van der Waals surface area contributed by atoms with Gasteiger partial charge >= 0.3 is 0 Å². The fraction of sp³-hybridized carbons (Fsp3) is 0.500. The van der Waals surface area contributed by atoms with Crippen LogP contribution >= 0.6 is 0 Å². The molecule has 0 aliphatic heterocycles. The van der Waals surface area contributed by atoms with E-state index in [1.165, 1.54) is 0 Å². The van der Waals surface area contributed by atoms with Crippen LogP contribution in [0.4, 0.5) is 5.69 Å². The maximum absolute atomic E-state index is 11.5. The quantitative estimate of drug-likeness (QED) is 0.789. The molecular weight excluding hydrogens is 244 g/mol. The number of rotatable bonds is 7. The van der Waals surface area contributed by atoms with Crippen LogP contribution in [-0.2, 0) is 9.53 Å². The third-order valence-electron chi connectivity index (χ3n) is 3.00. The molecule has 0 aromatic heterocycles. The first-order valence-corrected chi connectivity index (χ1v) is 6.13. The number of methoxy groups -OCH3 is 2. The summed E-state index contributed by atoms with van der Waals surface area (Å²) in [6.07, 6.45) is 0.482. The molecule has 1 atom stereocenters. The van der Waals surface area contributed by atoms with E-state index >= 15 is 0 Å². The highest BCUT2D eigenvalue weighted by Crippen LogP contribution is 2.21. The molecule has 0 heterocycles. The Morgan fingerprint density at radius 2 is 2.11 bits per heavy atom. The highest BCUT2D eigenvalue weighted by atomic mass is 16.5. The Balaban J connectivity index is 2.81. The first-order chi connectivity index (χ1) is 8.88. The van der Waals surface area contributed by atoms with Crippen molar-refractivity contribution in [3.63, 3.8) is 0 Å². The summed E-state index contributed by atoms with van der Waals surface area (Å²) < 4.78 is 10.5. The standard InChI is InChI=1S/C14H22N2O3/c1-14(2,19-4)9-12(13(15)17)16-10-6-5-7-11(8-10)18-3/h5-8,12,16H,9H2,1-4H3,(H2,15,17). The Kier molecular flexibility index (Phi) is 5.18. The second-order valence-corrected chi connectivity index (χ2v) is 5.00. The third kappa shape index (κ3) is 4.79. The number of ether oxygens (including phenoxy) is 2. The van der Waals surface area contributed by atoms with E-state index in [0.717, 1.165) is 11.4 Å². The molecule has 0 bridgehead atoms. The lowest BCUT2D eigenvalue weighted by molar-refractivity contribution is -0.120. The van der Waals surface area contributed by atoms with Crippen LogP contribution in [0.25, 0.3) is 0 Å². The van der Waals surface area contributed by atoms with Gasteiger partial charge in [0.1, 0.15) is 11.8 Å². The number of nitrogens with one attached hydrogen (secondary N) is 1. The third-order valence-corrected chi connectivity index (χ3v) is 3.00. The molecule has 0 fully saturated rings. The molecule has 1 aromatic carbocycles. The van der Waals surface area contributed by atoms with Crippen LogP contribution in [0.2, 0.25) is 0 Å². The molecule has 5 heteroatoms. The van der Waals surface area contributed by atoms with Gasteiger partial charge in [-0.05, 0) is 26.0 Å². The van der Waals surface area contributed by atoms with Crippen molar-refractivity contribution in [3.8, 4) is 5.75 Å². The van der Waals surface area contributed by atoms with Crippen molar-refractivity contribution < 1.29 is 14.3 Å². The maximum atomic E-state index is 11.5. The van der Waals surface area contributed by atoms with Crippen molar-refractivity contribution in [1.82, 2.24) is 0 Å². The van der Waals surface area contributed by atoms with Gasteiger partial charge in [0.15, 0.2) is 0 Å². The Morgan fingerprint density at radius 3 is 2.63 bits per heavy atom. The van der Waals surface area contributed by atoms with E-state index in [1.807, 2.05) is 38.1 Å². The van der Waals surface area contributed by atoms with E-state index < -0.39 is 17.6 Å². The number of benzene rings is 1. The van der Waals surface area contributed by atoms with Gasteiger partial charge < -0.3 is 20.5 Å². The minimum atomic E-state index is -0.498. The summed E-state index contributed by atoms with van der Waals surface area (Å²) in [7, 11) is 3.21. The first kappa shape index (κ1) is 15.3. The van der Waals surface area contributed by atoms with Crippen molar-refractivity contribution in [1.29, 1.82) is 0 Å². The average Bonchev–Trinajstić information content (AvgIpc) is 2.38. The number of hydrogen-bond donors (Lipinski definition) is 2. The summed E-state index contributed by atoms with van der Waals surface area (Å²) in [5, 5.41) is 3.11. The fourth-order valence-electron chi connectivity index (χ4n) is 1.71. The Hall–Kier alpha value is -1.75. The second-order valence-electron chi connectivity index (χ2n) is 5.00. The van der Waals surface area contributed by atoms with E-state index in [1.54, 1.807) is 14.2 Å². The lowest BCUT2D eigenvalue weighted by Gasteiger charge is -2.28. The van der Waals surface area contributed by atoms with Crippen molar-refractivity contribution in [2.24, 2.45) is 5.73 Å². The lowest BCUT2D eigenvalue weighted by atomic mass is 9.98. The zero-order valence-corrected chi connectivity index (χ0v) is 11.9. The van der Waals surface area contributed by atoms with Gasteiger partial charge in [0, 0.05) is 25.3 Å². The Morgan fingerprint density at radius 1 is 1.42 bits per heavy atom. The molecule has 0 aliphatic carbocycles. The molecule has 0 spiro atoms. The number of primary amides is 1. The molecule has 0 saturated carbocycles. The predicted octanol–water partition coefficient (Wildman–Crippen LogP) is 1.78. The van der Waals surface area contributed by atoms with Crippen molar-refractivity contribution in [2.75, 3.05) is 19.5 Å².